The van der Waals surface area contributed by atoms with Gasteiger partial charge in [-0.25, -0.2) is 29.6 Å². The zero-order valence-corrected chi connectivity index (χ0v) is 32.8. The Morgan fingerprint density at radius 1 is 0.719 bits per heavy atom. The zero-order chi connectivity index (χ0) is 41.4. The summed E-state index contributed by atoms with van der Waals surface area (Å²) in [6, 6.07) is -1.39. The first-order valence-electron chi connectivity index (χ1n) is 16.9. The largest absolute Gasteiger partial charge is 0.396 e. The first kappa shape index (κ1) is 48.0. The minimum absolute atomic E-state index is 0. The predicted octanol–water partition coefficient (Wildman–Crippen LogP) is -3.15. The summed E-state index contributed by atoms with van der Waals surface area (Å²) in [5.41, 5.74) is 16.7. The summed E-state index contributed by atoms with van der Waals surface area (Å²) in [4.78, 5) is 32.7. The van der Waals surface area contributed by atoms with Crippen molar-refractivity contribution in [2.24, 2.45) is 23.5 Å². The van der Waals surface area contributed by atoms with Gasteiger partial charge in [-0.2, -0.15) is 0 Å². The highest BCUT2D eigenvalue weighted by Gasteiger charge is 2.44. The molecule has 0 bridgehead atoms. The number of H-pyrrole nitrogens is 1. The van der Waals surface area contributed by atoms with Crippen molar-refractivity contribution in [3.05, 3.63) is 44.8 Å². The smallest absolute Gasteiger partial charge is 0.280 e. The average molecular weight is 890 g/mol. The summed E-state index contributed by atoms with van der Waals surface area (Å²) >= 11 is 16.7. The number of aliphatic hydroxyl groups is 9. The Hall–Kier alpha value is -3.40. The number of aliphatic hydroxyl groups excluding tert-OH is 9. The molecular weight excluding hydrogens is 844 g/mol. The Labute approximate surface area is 344 Å². The number of nitrogens with one attached hydrogen (secondary N) is 2. The van der Waals surface area contributed by atoms with Gasteiger partial charge in [0.2, 0.25) is 0 Å². The van der Waals surface area contributed by atoms with Crippen molar-refractivity contribution >= 4 is 75.6 Å². The second kappa shape index (κ2) is 21.6. The number of aromatic amines is 1. The van der Waals surface area contributed by atoms with Crippen molar-refractivity contribution in [3.8, 4) is 0 Å². The molecule has 57 heavy (non-hydrogen) atoms. The standard InChI is InChI=1S/C10H15ClN4O3.C10H13N5O4.C6H13NO3.C4H3Cl2N3.ClH/c11-9-6(12)10(14-3-13-9)15-5-1-4(2-16)7(17)8(5)18;16-2-4-1-5(8(18)7(4)17)15-9-6(13-14-15)10(19)12-3-11-9;7-4-1-3(2-8)5(9)6(4)10;5-3-2(7)4(6)9-1-8-3;/h3-5,7-8,16-18H,1-2,12H2,(H,13,14,15);3-5,7-8,16-18H,1-2H2,(H,11,12,19);3-6,8-10H,1-2,7H2;1H,7H2;1H/t2*4-,5-,7-,8+;3-,4-,5-,6+;;/m111../s1. The molecule has 12 atom stereocenters. The normalized spacial score (nSPS) is 30.3. The maximum atomic E-state index is 11.5. The third kappa shape index (κ3) is 11.2. The minimum Gasteiger partial charge on any atom is -0.396 e. The van der Waals surface area contributed by atoms with E-state index in [1.165, 1.54) is 23.7 Å². The van der Waals surface area contributed by atoms with E-state index in [0.717, 1.165) is 0 Å². The average Bonchev–Trinajstić information content (AvgIpc) is 3.90. The van der Waals surface area contributed by atoms with Gasteiger partial charge in [0.15, 0.2) is 32.4 Å². The highest BCUT2D eigenvalue weighted by atomic mass is 35.5. The SMILES string of the molecule is Cl.N[C@@H]1C[C@H](CO)[C@@H](O)[C@H]1O.Nc1c(Cl)ncnc1Cl.Nc1c(Cl)ncnc1N[C@@H]1C[C@H](CO)[C@@H](O)[C@H]1O.O=c1[nH]cnc2c1nnn2[C@@H]1C[C@H](CO)[C@@H](O)[C@H]1O. The summed E-state index contributed by atoms with van der Waals surface area (Å²) in [6.45, 7) is -0.516. The molecule has 0 spiro atoms. The van der Waals surface area contributed by atoms with E-state index in [2.05, 4.69) is 45.5 Å². The van der Waals surface area contributed by atoms with E-state index < -0.39 is 60.2 Å². The van der Waals surface area contributed by atoms with Gasteiger partial charge in [0.05, 0.1) is 42.8 Å². The Morgan fingerprint density at radius 2 is 1.23 bits per heavy atom. The second-order valence-corrected chi connectivity index (χ2v) is 14.3. The quantitative estimate of drug-likeness (QED) is 0.0850. The summed E-state index contributed by atoms with van der Waals surface area (Å²) in [5.74, 6) is -0.730. The zero-order valence-electron chi connectivity index (χ0n) is 29.7. The van der Waals surface area contributed by atoms with E-state index in [1.807, 2.05) is 0 Å². The molecule has 3 aliphatic carbocycles. The summed E-state index contributed by atoms with van der Waals surface area (Å²) in [5, 5.41) is 95.4. The van der Waals surface area contributed by atoms with E-state index in [-0.39, 0.29) is 88.1 Å². The third-order valence-corrected chi connectivity index (χ3v) is 10.6. The maximum absolute atomic E-state index is 11.5. The highest BCUT2D eigenvalue weighted by Crippen LogP contribution is 2.36. The van der Waals surface area contributed by atoms with Gasteiger partial charge in [0, 0.05) is 43.6 Å². The molecule has 17 N–H and O–H groups in total. The first-order chi connectivity index (χ1) is 26.6. The molecule has 0 aromatic carbocycles. The number of hydrogen-bond acceptors (Lipinski definition) is 21. The molecule has 0 radical (unpaired) electrons. The molecule has 4 heterocycles. The van der Waals surface area contributed by atoms with E-state index in [0.29, 0.717) is 25.1 Å². The molecule has 3 aliphatic rings. The predicted molar refractivity (Wildman–Crippen MR) is 207 cm³/mol. The van der Waals surface area contributed by atoms with Gasteiger partial charge in [-0.1, -0.05) is 40.0 Å². The van der Waals surface area contributed by atoms with Gasteiger partial charge in [0.25, 0.3) is 5.56 Å². The van der Waals surface area contributed by atoms with E-state index in [1.54, 1.807) is 0 Å². The minimum atomic E-state index is -1.08. The third-order valence-electron chi connectivity index (χ3n) is 9.65. The van der Waals surface area contributed by atoms with E-state index in [9.17, 15) is 25.2 Å². The fourth-order valence-corrected chi connectivity index (χ4v) is 6.78. The number of halogens is 4. The number of rotatable bonds is 6. The Bertz CT molecular complexity index is 1920. The topological polar surface area (TPSA) is 400 Å². The van der Waals surface area contributed by atoms with Crippen LogP contribution in [0.25, 0.3) is 11.2 Å². The molecule has 23 nitrogen and oxygen atoms in total. The molecule has 0 amide bonds. The summed E-state index contributed by atoms with van der Waals surface area (Å²) in [7, 11) is 0. The van der Waals surface area contributed by atoms with E-state index >= 15 is 0 Å². The van der Waals surface area contributed by atoms with Crippen molar-refractivity contribution < 1.29 is 46.0 Å². The Morgan fingerprint density at radius 3 is 1.72 bits per heavy atom. The molecule has 4 aromatic rings. The van der Waals surface area contributed by atoms with Gasteiger partial charge in [-0.3, -0.25) is 4.79 Å². The number of nitrogen functional groups attached to an aromatic ring is 2. The van der Waals surface area contributed by atoms with Crippen LogP contribution in [0.5, 0.6) is 0 Å². The molecular formula is C30H45Cl4N13O10. The monoisotopic (exact) mass is 887 g/mol. The van der Waals surface area contributed by atoms with Gasteiger partial charge in [-0.15, -0.1) is 17.5 Å². The van der Waals surface area contributed by atoms with Gasteiger partial charge in [0.1, 0.15) is 36.2 Å². The van der Waals surface area contributed by atoms with Crippen LogP contribution in [-0.2, 0) is 0 Å². The maximum Gasteiger partial charge on any atom is 0.280 e. The number of fused-ring (bicyclic) bond motifs is 1. The molecule has 3 fully saturated rings. The lowest BCUT2D eigenvalue weighted by Crippen LogP contribution is -2.35. The van der Waals surface area contributed by atoms with Gasteiger partial charge in [-0.05, 0) is 19.3 Å². The number of nitrogens with two attached hydrogens (primary N) is 3. The lowest BCUT2D eigenvalue weighted by Gasteiger charge is -2.19. The van der Waals surface area contributed by atoms with Crippen LogP contribution >= 0.6 is 47.2 Å². The number of hydrogen-bond donors (Lipinski definition) is 14. The molecule has 318 valence electrons. The van der Waals surface area contributed by atoms with Crippen molar-refractivity contribution in [2.45, 2.75) is 74.0 Å². The van der Waals surface area contributed by atoms with Gasteiger partial charge < -0.3 is 73.5 Å². The van der Waals surface area contributed by atoms with Crippen molar-refractivity contribution in [2.75, 3.05) is 36.6 Å². The summed E-state index contributed by atoms with van der Waals surface area (Å²) < 4.78 is 1.33. The lowest BCUT2D eigenvalue weighted by atomic mass is 10.1. The number of aromatic nitrogens is 9. The van der Waals surface area contributed by atoms with Crippen LogP contribution in [0.15, 0.2) is 23.8 Å². The molecule has 0 unspecified atom stereocenters. The molecule has 0 aliphatic heterocycles. The Kier molecular flexibility index (Phi) is 18.1. The van der Waals surface area contributed by atoms with Crippen molar-refractivity contribution in [1.82, 2.24) is 44.9 Å². The van der Waals surface area contributed by atoms with Crippen LogP contribution in [0, 0.1) is 17.8 Å². The first-order valence-corrected chi connectivity index (χ1v) is 18.1. The molecule has 3 saturated carbocycles. The van der Waals surface area contributed by atoms with Crippen molar-refractivity contribution in [3.63, 3.8) is 0 Å². The van der Waals surface area contributed by atoms with Crippen LogP contribution in [0.1, 0.15) is 25.3 Å². The fourth-order valence-electron chi connectivity index (χ4n) is 6.33. The fraction of sp³-hybridized carbons (Fsp3) is 0.600. The molecule has 27 heteroatoms. The van der Waals surface area contributed by atoms with Crippen LogP contribution in [0.3, 0.4) is 0 Å². The van der Waals surface area contributed by atoms with Crippen LogP contribution in [0.4, 0.5) is 17.2 Å². The second-order valence-electron chi connectivity index (χ2n) is 13.2. The van der Waals surface area contributed by atoms with Crippen LogP contribution in [0.2, 0.25) is 15.5 Å². The Balaban J connectivity index is 0.000000212. The summed E-state index contributed by atoms with van der Waals surface area (Å²) in [6.07, 6.45) is -0.794. The van der Waals surface area contributed by atoms with Crippen LogP contribution < -0.4 is 28.1 Å². The molecule has 4 aromatic heterocycles. The highest BCUT2D eigenvalue weighted by molar-refractivity contribution is 6.37. The van der Waals surface area contributed by atoms with Gasteiger partial charge >= 0.3 is 0 Å². The number of nitrogens with zero attached hydrogens (tertiary/aromatic N) is 8. The van der Waals surface area contributed by atoms with Crippen molar-refractivity contribution in [1.29, 1.82) is 0 Å². The van der Waals surface area contributed by atoms with Crippen LogP contribution in [-0.4, -0.2) is 159 Å². The number of anilines is 3. The molecule has 7 rings (SSSR count). The lowest BCUT2D eigenvalue weighted by molar-refractivity contribution is -0.00511. The van der Waals surface area contributed by atoms with E-state index in [4.69, 9.17) is 77.5 Å². The molecule has 0 saturated heterocycles.